The molecule has 2 rings (SSSR count). The fraction of sp³-hybridized carbons (Fsp3) is 0.533. The molecule has 112 valence electrons. The fourth-order valence-electron chi connectivity index (χ4n) is 2.11. The molecule has 0 aromatic heterocycles. The van der Waals surface area contributed by atoms with Gasteiger partial charge < -0.3 is 15.5 Å². The maximum absolute atomic E-state index is 4.43. The van der Waals surface area contributed by atoms with Gasteiger partial charge in [-0.15, -0.1) is 24.0 Å². The van der Waals surface area contributed by atoms with Crippen LogP contribution in [0.3, 0.4) is 0 Å². The van der Waals surface area contributed by atoms with Crippen LogP contribution in [-0.4, -0.2) is 32.1 Å². The van der Waals surface area contributed by atoms with E-state index in [0.717, 1.165) is 32.0 Å². The van der Waals surface area contributed by atoms with Gasteiger partial charge in [-0.3, -0.25) is 4.99 Å². The van der Waals surface area contributed by atoms with Crippen LogP contribution >= 0.6 is 24.0 Å². The lowest BCUT2D eigenvalue weighted by atomic mass is 10.1. The van der Waals surface area contributed by atoms with Crippen LogP contribution in [0.15, 0.2) is 29.3 Å². The average molecular weight is 388 g/mol. The van der Waals surface area contributed by atoms with Crippen molar-refractivity contribution in [2.45, 2.75) is 32.9 Å². The Hall–Kier alpha value is -0.980. The van der Waals surface area contributed by atoms with Gasteiger partial charge in [0.25, 0.3) is 0 Å². The smallest absolute Gasteiger partial charge is 0.191 e. The lowest BCUT2D eigenvalue weighted by Crippen LogP contribution is -2.40. The summed E-state index contributed by atoms with van der Waals surface area (Å²) in [5.41, 5.74) is 2.58. The summed E-state index contributed by atoms with van der Waals surface area (Å²) in [5, 5.41) is 6.67. The Morgan fingerprint density at radius 3 is 2.75 bits per heavy atom. The van der Waals surface area contributed by atoms with Crippen molar-refractivity contribution in [2.75, 3.05) is 25.0 Å². The van der Waals surface area contributed by atoms with Gasteiger partial charge in [0.1, 0.15) is 0 Å². The largest absolute Gasteiger partial charge is 0.372 e. The topological polar surface area (TPSA) is 39.7 Å². The number of guanidine groups is 1. The van der Waals surface area contributed by atoms with Crippen molar-refractivity contribution in [3.05, 3.63) is 29.8 Å². The second kappa shape index (κ2) is 8.34. The highest BCUT2D eigenvalue weighted by molar-refractivity contribution is 14.0. The van der Waals surface area contributed by atoms with Crippen LogP contribution in [0, 0.1) is 0 Å². The summed E-state index contributed by atoms with van der Waals surface area (Å²) in [4.78, 5) is 6.73. The molecule has 1 heterocycles. The van der Waals surface area contributed by atoms with Crippen LogP contribution < -0.4 is 15.5 Å². The van der Waals surface area contributed by atoms with Gasteiger partial charge in [-0.25, -0.2) is 0 Å². The summed E-state index contributed by atoms with van der Waals surface area (Å²) in [5.74, 6) is 0.924. The maximum Gasteiger partial charge on any atom is 0.191 e. The minimum atomic E-state index is 0. The van der Waals surface area contributed by atoms with E-state index in [-0.39, 0.29) is 24.0 Å². The van der Waals surface area contributed by atoms with Gasteiger partial charge in [0.15, 0.2) is 5.96 Å². The van der Waals surface area contributed by atoms with E-state index in [4.69, 9.17) is 0 Å². The van der Waals surface area contributed by atoms with E-state index in [0.29, 0.717) is 6.04 Å². The Morgan fingerprint density at radius 2 is 2.10 bits per heavy atom. The molecule has 0 fully saturated rings. The first kappa shape index (κ1) is 17.1. The molecule has 0 saturated carbocycles. The van der Waals surface area contributed by atoms with E-state index >= 15 is 0 Å². The Labute approximate surface area is 139 Å². The molecule has 4 nitrogen and oxygen atoms in total. The Bertz CT molecular complexity index is 445. The molecule has 0 unspecified atom stereocenters. The van der Waals surface area contributed by atoms with E-state index in [1.807, 2.05) is 0 Å². The number of nitrogens with one attached hydrogen (secondary N) is 2. The van der Waals surface area contributed by atoms with Crippen LogP contribution in [-0.2, 0) is 6.54 Å². The summed E-state index contributed by atoms with van der Waals surface area (Å²) < 4.78 is 0. The molecule has 5 heteroatoms. The third kappa shape index (κ3) is 4.54. The van der Waals surface area contributed by atoms with Crippen molar-refractivity contribution >= 4 is 35.6 Å². The second-order valence-electron chi connectivity index (χ2n) is 5.20. The number of halogens is 1. The predicted octanol–water partition coefficient (Wildman–Crippen LogP) is 2.59. The molecule has 0 atom stereocenters. The zero-order chi connectivity index (χ0) is 13.7. The monoisotopic (exact) mass is 388 g/mol. The van der Waals surface area contributed by atoms with Gasteiger partial charge in [-0.05, 0) is 31.9 Å². The first-order valence-electron chi connectivity index (χ1n) is 7.01. The van der Waals surface area contributed by atoms with Gasteiger partial charge in [-0.1, -0.05) is 18.2 Å². The number of aliphatic imine (C=N–C) groups is 1. The van der Waals surface area contributed by atoms with E-state index in [1.165, 1.54) is 11.3 Å². The summed E-state index contributed by atoms with van der Waals surface area (Å²) >= 11 is 0. The number of rotatable bonds is 4. The average Bonchev–Trinajstić information content (AvgIpc) is 2.45. The number of anilines is 1. The van der Waals surface area contributed by atoms with Crippen LogP contribution in [0.2, 0.25) is 0 Å². The van der Waals surface area contributed by atoms with Crippen molar-refractivity contribution in [1.82, 2.24) is 10.6 Å². The molecule has 1 aliphatic heterocycles. The molecular weight excluding hydrogens is 363 g/mol. The first-order valence-corrected chi connectivity index (χ1v) is 7.01. The third-order valence-corrected chi connectivity index (χ3v) is 3.49. The molecule has 0 aliphatic carbocycles. The number of hydrogen-bond acceptors (Lipinski definition) is 4. The SMILES string of the molecule is CC(C)N(C)c1ccccc1CNC1=NCCCN1.I. The zero-order valence-corrected chi connectivity index (χ0v) is 14.8. The summed E-state index contributed by atoms with van der Waals surface area (Å²) in [7, 11) is 2.14. The molecule has 0 radical (unpaired) electrons. The number of para-hydroxylation sites is 1. The van der Waals surface area contributed by atoms with Gasteiger partial charge in [0.05, 0.1) is 0 Å². The Kier molecular flexibility index (Phi) is 7.12. The van der Waals surface area contributed by atoms with Crippen LogP contribution in [0.5, 0.6) is 0 Å². The summed E-state index contributed by atoms with van der Waals surface area (Å²) in [6.07, 6.45) is 1.12. The molecule has 0 bridgehead atoms. The van der Waals surface area contributed by atoms with Crippen LogP contribution in [0.1, 0.15) is 25.8 Å². The predicted molar refractivity (Wildman–Crippen MR) is 97.2 cm³/mol. The minimum absolute atomic E-state index is 0. The normalized spacial score (nSPS) is 14.1. The third-order valence-electron chi connectivity index (χ3n) is 3.49. The first-order chi connectivity index (χ1) is 9.18. The molecule has 0 saturated heterocycles. The quantitative estimate of drug-likeness (QED) is 0.779. The van der Waals surface area contributed by atoms with Crippen LogP contribution in [0.25, 0.3) is 0 Å². The van der Waals surface area contributed by atoms with Crippen molar-refractivity contribution < 1.29 is 0 Å². The maximum atomic E-state index is 4.43. The van der Waals surface area contributed by atoms with Crippen LogP contribution in [0.4, 0.5) is 5.69 Å². The number of benzene rings is 1. The van der Waals surface area contributed by atoms with Crippen molar-refractivity contribution in [1.29, 1.82) is 0 Å². The van der Waals surface area contributed by atoms with Gasteiger partial charge >= 0.3 is 0 Å². The second-order valence-corrected chi connectivity index (χ2v) is 5.20. The Balaban J connectivity index is 0.00000200. The highest BCUT2D eigenvalue weighted by Gasteiger charge is 2.10. The zero-order valence-electron chi connectivity index (χ0n) is 12.5. The standard InChI is InChI=1S/C15H24N4.HI/c1-12(2)19(3)14-8-5-4-7-13(14)11-18-15-16-9-6-10-17-15;/h4-5,7-8,12H,6,9-11H2,1-3H3,(H2,16,17,18);1H. The van der Waals surface area contributed by atoms with E-state index < -0.39 is 0 Å². The van der Waals surface area contributed by atoms with Crippen molar-refractivity contribution in [3.8, 4) is 0 Å². The highest BCUT2D eigenvalue weighted by atomic mass is 127. The highest BCUT2D eigenvalue weighted by Crippen LogP contribution is 2.20. The molecular formula is C15H25IN4. The van der Waals surface area contributed by atoms with Gasteiger partial charge in [-0.2, -0.15) is 0 Å². The molecule has 0 spiro atoms. The lowest BCUT2D eigenvalue weighted by molar-refractivity contribution is 0.699. The van der Waals surface area contributed by atoms with E-state index in [2.05, 4.69) is 65.7 Å². The Morgan fingerprint density at radius 1 is 1.35 bits per heavy atom. The van der Waals surface area contributed by atoms with E-state index in [1.54, 1.807) is 0 Å². The minimum Gasteiger partial charge on any atom is -0.372 e. The van der Waals surface area contributed by atoms with Crippen molar-refractivity contribution in [2.24, 2.45) is 4.99 Å². The molecule has 1 aliphatic rings. The molecule has 2 N–H and O–H groups in total. The molecule has 1 aromatic rings. The van der Waals surface area contributed by atoms with Crippen molar-refractivity contribution in [3.63, 3.8) is 0 Å². The lowest BCUT2D eigenvalue weighted by Gasteiger charge is -2.27. The molecule has 0 amide bonds. The van der Waals surface area contributed by atoms with E-state index in [9.17, 15) is 0 Å². The molecule has 20 heavy (non-hydrogen) atoms. The number of nitrogens with zero attached hydrogens (tertiary/aromatic N) is 2. The molecule has 1 aromatic carbocycles. The fourth-order valence-corrected chi connectivity index (χ4v) is 2.11. The number of hydrogen-bond donors (Lipinski definition) is 2. The summed E-state index contributed by atoms with van der Waals surface area (Å²) in [6.45, 7) is 7.15. The summed E-state index contributed by atoms with van der Waals surface area (Å²) in [6, 6.07) is 9.02. The van der Waals surface area contributed by atoms with Gasteiger partial charge in [0, 0.05) is 38.4 Å². The van der Waals surface area contributed by atoms with Gasteiger partial charge in [0.2, 0.25) is 0 Å².